The Morgan fingerprint density at radius 2 is 2.14 bits per heavy atom. The van der Waals surface area contributed by atoms with Gasteiger partial charge in [-0.2, -0.15) is 0 Å². The number of hydrogen-bond acceptors (Lipinski definition) is 4. The number of amides is 3. The van der Waals surface area contributed by atoms with Crippen molar-refractivity contribution >= 4 is 40.7 Å². The summed E-state index contributed by atoms with van der Waals surface area (Å²) in [4.78, 5) is 38.3. The molecule has 0 bridgehead atoms. The van der Waals surface area contributed by atoms with Gasteiger partial charge in [-0.05, 0) is 31.4 Å². The standard InChI is InChI=1S/C14H15ClN2O3S/c15-11-5-3-9(21-11)4-6-13(19)17(8-1-2-8)10-7-12(18)16-14(10)20/h3,5,8,10H,1-2,4,6-7H2,(H,16,18,20). The zero-order chi connectivity index (χ0) is 15.0. The zero-order valence-electron chi connectivity index (χ0n) is 11.3. The van der Waals surface area contributed by atoms with Gasteiger partial charge in [0.25, 0.3) is 0 Å². The van der Waals surface area contributed by atoms with Gasteiger partial charge in [-0.1, -0.05) is 11.6 Å². The van der Waals surface area contributed by atoms with E-state index in [-0.39, 0.29) is 30.2 Å². The fraction of sp³-hybridized carbons (Fsp3) is 0.500. The number of carbonyl (C=O) groups is 3. The minimum absolute atomic E-state index is 0.0585. The van der Waals surface area contributed by atoms with Crippen molar-refractivity contribution in [1.29, 1.82) is 0 Å². The average Bonchev–Trinajstić information content (AvgIpc) is 3.08. The number of imide groups is 1. The molecule has 1 aliphatic carbocycles. The van der Waals surface area contributed by atoms with Crippen LogP contribution in [0.15, 0.2) is 12.1 Å². The molecule has 1 aliphatic heterocycles. The van der Waals surface area contributed by atoms with E-state index < -0.39 is 6.04 Å². The van der Waals surface area contributed by atoms with Gasteiger partial charge in [0, 0.05) is 17.3 Å². The molecule has 3 amide bonds. The monoisotopic (exact) mass is 326 g/mol. The Kier molecular flexibility index (Phi) is 3.99. The molecule has 1 atom stereocenters. The van der Waals surface area contributed by atoms with E-state index >= 15 is 0 Å². The fourth-order valence-electron chi connectivity index (χ4n) is 2.59. The summed E-state index contributed by atoms with van der Waals surface area (Å²) in [6.45, 7) is 0. The molecule has 1 N–H and O–H groups in total. The molecule has 1 saturated carbocycles. The first-order valence-electron chi connectivity index (χ1n) is 6.93. The van der Waals surface area contributed by atoms with Gasteiger partial charge in [-0.15, -0.1) is 11.3 Å². The van der Waals surface area contributed by atoms with E-state index in [9.17, 15) is 14.4 Å². The van der Waals surface area contributed by atoms with Crippen LogP contribution < -0.4 is 5.32 Å². The van der Waals surface area contributed by atoms with Crippen molar-refractivity contribution in [3.63, 3.8) is 0 Å². The summed E-state index contributed by atoms with van der Waals surface area (Å²) in [7, 11) is 0. The minimum atomic E-state index is -0.621. The van der Waals surface area contributed by atoms with Gasteiger partial charge in [0.1, 0.15) is 6.04 Å². The molecule has 0 radical (unpaired) electrons. The maximum absolute atomic E-state index is 12.5. The lowest BCUT2D eigenvalue weighted by Gasteiger charge is -2.26. The van der Waals surface area contributed by atoms with Crippen LogP contribution in [-0.2, 0) is 20.8 Å². The quantitative estimate of drug-likeness (QED) is 0.838. The molecule has 0 spiro atoms. The Hall–Kier alpha value is -1.40. The summed E-state index contributed by atoms with van der Waals surface area (Å²) in [6, 6.07) is 3.22. The third-order valence-corrected chi connectivity index (χ3v) is 5.01. The van der Waals surface area contributed by atoms with Gasteiger partial charge in [-0.25, -0.2) is 0 Å². The normalized spacial score (nSPS) is 21.5. The first kappa shape index (κ1) is 14.5. The highest BCUT2D eigenvalue weighted by Gasteiger charge is 2.44. The first-order valence-corrected chi connectivity index (χ1v) is 8.13. The van der Waals surface area contributed by atoms with Gasteiger partial charge in [0.05, 0.1) is 10.8 Å². The third kappa shape index (κ3) is 3.27. The van der Waals surface area contributed by atoms with Crippen LogP contribution >= 0.6 is 22.9 Å². The van der Waals surface area contributed by atoms with Crippen molar-refractivity contribution < 1.29 is 14.4 Å². The smallest absolute Gasteiger partial charge is 0.249 e. The summed E-state index contributed by atoms with van der Waals surface area (Å²) in [6.07, 6.45) is 2.86. The predicted octanol–water partition coefficient (Wildman–Crippen LogP) is 1.74. The number of nitrogens with one attached hydrogen (secondary N) is 1. The Morgan fingerprint density at radius 3 is 2.67 bits per heavy atom. The molecule has 7 heteroatoms. The number of rotatable bonds is 5. The van der Waals surface area contributed by atoms with E-state index in [0.29, 0.717) is 17.2 Å². The molecule has 1 saturated heterocycles. The zero-order valence-corrected chi connectivity index (χ0v) is 12.9. The van der Waals surface area contributed by atoms with Crippen LogP contribution in [0.3, 0.4) is 0 Å². The SMILES string of the molecule is O=C1CC(N(C(=O)CCc2ccc(Cl)s2)C2CC2)C(=O)N1. The van der Waals surface area contributed by atoms with Gasteiger partial charge >= 0.3 is 0 Å². The van der Waals surface area contributed by atoms with Gasteiger partial charge in [0.2, 0.25) is 17.7 Å². The predicted molar refractivity (Wildman–Crippen MR) is 79.1 cm³/mol. The molecular formula is C14H15ClN2O3S. The number of hydrogen-bond donors (Lipinski definition) is 1. The topological polar surface area (TPSA) is 66.5 Å². The van der Waals surface area contributed by atoms with Gasteiger partial charge in [0.15, 0.2) is 0 Å². The summed E-state index contributed by atoms with van der Waals surface area (Å²) in [5.41, 5.74) is 0. The maximum Gasteiger partial charge on any atom is 0.249 e. The third-order valence-electron chi connectivity index (χ3n) is 3.72. The minimum Gasteiger partial charge on any atom is -0.327 e. The molecule has 21 heavy (non-hydrogen) atoms. The first-order chi connectivity index (χ1) is 10.0. The lowest BCUT2D eigenvalue weighted by Crippen LogP contribution is -2.46. The molecule has 2 aliphatic rings. The maximum atomic E-state index is 12.5. The number of thiophene rings is 1. The number of carbonyl (C=O) groups excluding carboxylic acids is 3. The second kappa shape index (κ2) is 5.77. The van der Waals surface area contributed by atoms with Crippen LogP contribution in [0.1, 0.15) is 30.6 Å². The van der Waals surface area contributed by atoms with Crippen LogP contribution in [0.5, 0.6) is 0 Å². The van der Waals surface area contributed by atoms with Crippen molar-refractivity contribution in [2.24, 2.45) is 0 Å². The molecule has 3 rings (SSSR count). The highest BCUT2D eigenvalue weighted by molar-refractivity contribution is 7.16. The van der Waals surface area contributed by atoms with E-state index in [1.807, 2.05) is 12.1 Å². The average molecular weight is 327 g/mol. The second-order valence-electron chi connectivity index (χ2n) is 5.37. The summed E-state index contributed by atoms with van der Waals surface area (Å²) >= 11 is 7.33. The Labute approximate surface area is 131 Å². The number of aryl methyl sites for hydroxylation is 1. The number of nitrogens with zero attached hydrogens (tertiary/aromatic N) is 1. The molecule has 2 heterocycles. The Bertz CT molecular complexity index is 597. The van der Waals surface area contributed by atoms with Crippen LogP contribution in [0, 0.1) is 0 Å². The molecular weight excluding hydrogens is 312 g/mol. The molecule has 2 fully saturated rings. The second-order valence-corrected chi connectivity index (χ2v) is 7.17. The van der Waals surface area contributed by atoms with Crippen LogP contribution in [-0.4, -0.2) is 34.7 Å². The van der Waals surface area contributed by atoms with E-state index in [2.05, 4.69) is 5.32 Å². The van der Waals surface area contributed by atoms with Crippen molar-refractivity contribution in [1.82, 2.24) is 10.2 Å². The Morgan fingerprint density at radius 1 is 1.38 bits per heavy atom. The van der Waals surface area contributed by atoms with Crippen LogP contribution in [0.25, 0.3) is 0 Å². The highest BCUT2D eigenvalue weighted by Crippen LogP contribution is 2.32. The Balaban J connectivity index is 1.65. The van der Waals surface area contributed by atoms with E-state index in [4.69, 9.17) is 11.6 Å². The van der Waals surface area contributed by atoms with Crippen molar-refractivity contribution in [3.8, 4) is 0 Å². The molecule has 1 aromatic heterocycles. The van der Waals surface area contributed by atoms with E-state index in [1.165, 1.54) is 11.3 Å². The molecule has 112 valence electrons. The highest BCUT2D eigenvalue weighted by atomic mass is 35.5. The summed E-state index contributed by atoms with van der Waals surface area (Å²) in [5.74, 6) is -0.704. The summed E-state index contributed by atoms with van der Waals surface area (Å²) < 4.78 is 0.706. The summed E-state index contributed by atoms with van der Waals surface area (Å²) in [5, 5.41) is 2.27. The van der Waals surface area contributed by atoms with Gasteiger partial charge < -0.3 is 4.90 Å². The molecule has 1 aromatic rings. The van der Waals surface area contributed by atoms with Crippen molar-refractivity contribution in [3.05, 3.63) is 21.3 Å². The van der Waals surface area contributed by atoms with E-state index in [1.54, 1.807) is 4.90 Å². The largest absolute Gasteiger partial charge is 0.327 e. The lowest BCUT2D eigenvalue weighted by atomic mass is 10.1. The molecule has 5 nitrogen and oxygen atoms in total. The fourth-order valence-corrected chi connectivity index (χ4v) is 3.68. The lowest BCUT2D eigenvalue weighted by molar-refractivity contribution is -0.139. The van der Waals surface area contributed by atoms with Crippen molar-refractivity contribution in [2.45, 2.75) is 44.2 Å². The number of halogens is 1. The molecule has 0 aromatic carbocycles. The van der Waals surface area contributed by atoms with E-state index in [0.717, 1.165) is 17.7 Å². The molecule has 1 unspecified atom stereocenters. The van der Waals surface area contributed by atoms with Gasteiger partial charge in [-0.3, -0.25) is 19.7 Å². The van der Waals surface area contributed by atoms with Crippen LogP contribution in [0.4, 0.5) is 0 Å². The van der Waals surface area contributed by atoms with Crippen molar-refractivity contribution in [2.75, 3.05) is 0 Å². The van der Waals surface area contributed by atoms with Crippen LogP contribution in [0.2, 0.25) is 4.34 Å².